The number of hydrogen-bond donors (Lipinski definition) is 2. The maximum Gasteiger partial charge on any atom is 0.345 e. The molecule has 0 radical (unpaired) electrons. The van der Waals surface area contributed by atoms with E-state index in [4.69, 9.17) is 4.74 Å². The molecule has 2 N–H and O–H groups in total. The lowest BCUT2D eigenvalue weighted by molar-refractivity contribution is 0.296. The van der Waals surface area contributed by atoms with E-state index in [9.17, 15) is 4.79 Å². The zero-order valence-corrected chi connectivity index (χ0v) is 21.4. The number of hydrogen-bond acceptors (Lipinski definition) is 4. The molecule has 9 heteroatoms. The number of rotatable bonds is 9. The smallest absolute Gasteiger partial charge is 0.345 e. The van der Waals surface area contributed by atoms with Gasteiger partial charge in [-0.2, -0.15) is 5.10 Å². The van der Waals surface area contributed by atoms with Crippen LogP contribution in [-0.4, -0.2) is 40.5 Å². The Kier molecular flexibility index (Phi) is 9.01. The van der Waals surface area contributed by atoms with E-state index >= 15 is 0 Å². The van der Waals surface area contributed by atoms with Crippen LogP contribution >= 0.6 is 24.0 Å². The Morgan fingerprint density at radius 2 is 2.12 bits per heavy atom. The number of benzene rings is 1. The number of aliphatic imine (C=N–C) groups is 1. The van der Waals surface area contributed by atoms with Gasteiger partial charge >= 0.3 is 5.69 Å². The van der Waals surface area contributed by atoms with E-state index in [0.717, 1.165) is 67.8 Å². The van der Waals surface area contributed by atoms with Crippen molar-refractivity contribution in [3.63, 3.8) is 0 Å². The first kappa shape index (κ1) is 24.6. The molecular formula is C23H35IN6O2. The number of halogens is 1. The van der Waals surface area contributed by atoms with Gasteiger partial charge < -0.3 is 15.4 Å². The average Bonchev–Trinajstić information content (AvgIpc) is 3.56. The fourth-order valence-corrected chi connectivity index (χ4v) is 3.86. The van der Waals surface area contributed by atoms with Crippen LogP contribution in [0.5, 0.6) is 5.75 Å². The van der Waals surface area contributed by atoms with Gasteiger partial charge in [0, 0.05) is 45.2 Å². The van der Waals surface area contributed by atoms with Crippen molar-refractivity contribution < 1.29 is 4.74 Å². The number of ether oxygens (including phenoxy) is 1. The molecule has 1 saturated carbocycles. The maximum absolute atomic E-state index is 12.4. The van der Waals surface area contributed by atoms with Gasteiger partial charge in [0.05, 0.1) is 6.61 Å². The van der Waals surface area contributed by atoms with Crippen LogP contribution in [0.1, 0.15) is 49.1 Å². The van der Waals surface area contributed by atoms with Gasteiger partial charge in [-0.15, -0.1) is 24.0 Å². The molecule has 176 valence electrons. The Morgan fingerprint density at radius 3 is 2.88 bits per heavy atom. The predicted molar refractivity (Wildman–Crippen MR) is 137 cm³/mol. The molecule has 2 aliphatic rings. The molecule has 2 heterocycles. The summed E-state index contributed by atoms with van der Waals surface area (Å²) in [7, 11) is 1.77. The van der Waals surface area contributed by atoms with Crippen LogP contribution in [0.3, 0.4) is 0 Å². The van der Waals surface area contributed by atoms with E-state index < -0.39 is 0 Å². The minimum atomic E-state index is 0. The summed E-state index contributed by atoms with van der Waals surface area (Å²) in [6.07, 6.45) is 6.46. The molecule has 0 spiro atoms. The summed E-state index contributed by atoms with van der Waals surface area (Å²) in [4.78, 5) is 16.7. The molecule has 2 aromatic rings. The highest BCUT2D eigenvalue weighted by Crippen LogP contribution is 2.30. The van der Waals surface area contributed by atoms with E-state index in [2.05, 4.69) is 45.8 Å². The molecule has 1 aromatic carbocycles. The number of guanidine groups is 1. The highest BCUT2D eigenvalue weighted by molar-refractivity contribution is 14.0. The second kappa shape index (κ2) is 11.7. The molecule has 8 nitrogen and oxygen atoms in total. The second-order valence-corrected chi connectivity index (χ2v) is 8.60. The molecule has 0 unspecified atom stereocenters. The largest absolute Gasteiger partial charge is 0.493 e. The van der Waals surface area contributed by atoms with Crippen molar-refractivity contribution in [2.24, 2.45) is 10.9 Å². The Morgan fingerprint density at radius 1 is 1.28 bits per heavy atom. The van der Waals surface area contributed by atoms with Crippen molar-refractivity contribution >= 4 is 29.9 Å². The lowest BCUT2D eigenvalue weighted by Gasteiger charge is -2.15. The summed E-state index contributed by atoms with van der Waals surface area (Å²) in [5, 5.41) is 11.2. The van der Waals surface area contributed by atoms with Crippen LogP contribution in [0.2, 0.25) is 0 Å². The van der Waals surface area contributed by atoms with Crippen molar-refractivity contribution in [3.05, 3.63) is 45.6 Å². The third-order valence-electron chi connectivity index (χ3n) is 5.93. The Balaban J connectivity index is 0.00000289. The van der Waals surface area contributed by atoms with Gasteiger partial charge in [-0.1, -0.05) is 12.1 Å². The number of aromatic nitrogens is 3. The summed E-state index contributed by atoms with van der Waals surface area (Å²) in [5.74, 6) is 3.35. The van der Waals surface area contributed by atoms with Gasteiger partial charge in [0.15, 0.2) is 5.96 Å². The third kappa shape index (κ3) is 6.49. The van der Waals surface area contributed by atoms with Crippen LogP contribution in [0, 0.1) is 12.8 Å². The predicted octanol–water partition coefficient (Wildman–Crippen LogP) is 2.85. The molecule has 1 aliphatic carbocycles. The van der Waals surface area contributed by atoms with Crippen molar-refractivity contribution in [2.45, 2.75) is 65.1 Å². The van der Waals surface area contributed by atoms with Crippen molar-refractivity contribution in [1.82, 2.24) is 25.0 Å². The average molecular weight is 554 g/mol. The first-order valence-corrected chi connectivity index (χ1v) is 11.5. The number of nitrogens with zero attached hydrogens (tertiary/aromatic N) is 4. The van der Waals surface area contributed by atoms with E-state index in [0.29, 0.717) is 19.6 Å². The standard InChI is InChI=1S/C23H34N6O2.HI/c1-17-7-10-19(20(14-17)31-16-18-8-9-18)15-26-22(24-2)25-11-5-13-29-23(30)28-12-4-3-6-21(28)27-29;/h7,10,14,18H,3-6,8-9,11-13,15-16H2,1-2H3,(H2,24,25,26);1H. The van der Waals surface area contributed by atoms with Crippen molar-refractivity contribution in [1.29, 1.82) is 0 Å². The molecule has 0 atom stereocenters. The van der Waals surface area contributed by atoms with Crippen LogP contribution in [0.15, 0.2) is 28.0 Å². The van der Waals surface area contributed by atoms with Gasteiger partial charge in [0.2, 0.25) is 0 Å². The zero-order chi connectivity index (χ0) is 21.6. The van der Waals surface area contributed by atoms with Gasteiger partial charge in [0.1, 0.15) is 11.6 Å². The maximum atomic E-state index is 12.4. The lowest BCUT2D eigenvalue weighted by atomic mass is 10.1. The van der Waals surface area contributed by atoms with Gasteiger partial charge in [0.25, 0.3) is 0 Å². The van der Waals surface area contributed by atoms with Gasteiger partial charge in [-0.25, -0.2) is 9.48 Å². The fraction of sp³-hybridized carbons (Fsp3) is 0.609. The fourth-order valence-electron chi connectivity index (χ4n) is 3.86. The summed E-state index contributed by atoms with van der Waals surface area (Å²) in [6, 6.07) is 6.34. The van der Waals surface area contributed by atoms with Crippen LogP contribution in [-0.2, 0) is 26.1 Å². The minimum absolute atomic E-state index is 0. The minimum Gasteiger partial charge on any atom is -0.493 e. The molecule has 0 bridgehead atoms. The third-order valence-corrected chi connectivity index (χ3v) is 5.93. The zero-order valence-electron chi connectivity index (χ0n) is 19.1. The SMILES string of the molecule is CN=C(NCCCn1nc2n(c1=O)CCCC2)NCc1ccc(C)cc1OCC1CC1.I. The van der Waals surface area contributed by atoms with Gasteiger partial charge in [-0.3, -0.25) is 9.56 Å². The van der Waals surface area contributed by atoms with E-state index in [1.54, 1.807) is 11.7 Å². The van der Waals surface area contributed by atoms with Crippen molar-refractivity contribution in [2.75, 3.05) is 20.2 Å². The monoisotopic (exact) mass is 554 g/mol. The normalized spacial score (nSPS) is 15.6. The van der Waals surface area contributed by atoms with E-state index in [1.807, 2.05) is 4.57 Å². The first-order valence-electron chi connectivity index (χ1n) is 11.5. The Bertz CT molecular complexity index is 979. The van der Waals surface area contributed by atoms with Crippen LogP contribution < -0.4 is 21.1 Å². The lowest BCUT2D eigenvalue weighted by Crippen LogP contribution is -2.38. The molecule has 0 saturated heterocycles. The Hall–Kier alpha value is -2.04. The summed E-state index contributed by atoms with van der Waals surface area (Å²) >= 11 is 0. The highest BCUT2D eigenvalue weighted by atomic mass is 127. The second-order valence-electron chi connectivity index (χ2n) is 8.60. The topological polar surface area (TPSA) is 85.5 Å². The van der Waals surface area contributed by atoms with Gasteiger partial charge in [-0.05, 0) is 56.6 Å². The molecule has 32 heavy (non-hydrogen) atoms. The highest BCUT2D eigenvalue weighted by Gasteiger charge is 2.22. The molecule has 1 aromatic heterocycles. The number of aryl methyl sites for hydroxylation is 3. The molecule has 1 fully saturated rings. The summed E-state index contributed by atoms with van der Waals surface area (Å²) in [5.41, 5.74) is 2.35. The van der Waals surface area contributed by atoms with Crippen molar-refractivity contribution in [3.8, 4) is 5.75 Å². The molecule has 4 rings (SSSR count). The molecule has 0 amide bonds. The summed E-state index contributed by atoms with van der Waals surface area (Å²) in [6.45, 7) is 5.67. The Labute approximate surface area is 206 Å². The van der Waals surface area contributed by atoms with Crippen LogP contribution in [0.4, 0.5) is 0 Å². The first-order chi connectivity index (χ1) is 15.1. The van der Waals surface area contributed by atoms with Crippen LogP contribution in [0.25, 0.3) is 0 Å². The van der Waals surface area contributed by atoms with E-state index in [-0.39, 0.29) is 29.7 Å². The number of nitrogens with one attached hydrogen (secondary N) is 2. The quantitative estimate of drug-likeness (QED) is 0.216. The molecular weight excluding hydrogens is 519 g/mol. The number of fused-ring (bicyclic) bond motifs is 1. The molecule has 1 aliphatic heterocycles. The van der Waals surface area contributed by atoms with E-state index in [1.165, 1.54) is 18.4 Å². The summed E-state index contributed by atoms with van der Waals surface area (Å²) < 4.78 is 9.49.